The number of nitrogens with two attached hydrogens (primary N) is 1. The Morgan fingerprint density at radius 2 is 1.80 bits per heavy atom. The molecule has 2 rings (SSSR count). The first-order valence-corrected chi connectivity index (χ1v) is 6.64. The van der Waals surface area contributed by atoms with Crippen LogP contribution in [0, 0.1) is 5.92 Å². The van der Waals surface area contributed by atoms with Crippen molar-refractivity contribution in [3.05, 3.63) is 24.3 Å². The first kappa shape index (κ1) is 14.7. The molecule has 1 aliphatic carbocycles. The number of amidine groups is 1. The minimum Gasteiger partial charge on any atom is -0.403 e. The number of para-hydroxylation sites is 2. The number of hydrogen-bond donors (Lipinski definition) is 1. The van der Waals surface area contributed by atoms with Gasteiger partial charge in [-0.1, -0.05) is 31.4 Å². The van der Waals surface area contributed by atoms with Crippen LogP contribution in [0.3, 0.4) is 0 Å². The number of benzene rings is 1. The Bertz CT molecular complexity index is 480. The third-order valence-corrected chi connectivity index (χ3v) is 3.36. The van der Waals surface area contributed by atoms with E-state index in [0.717, 1.165) is 25.7 Å². The molecule has 1 saturated carbocycles. The van der Waals surface area contributed by atoms with E-state index in [0.29, 0.717) is 5.84 Å². The van der Waals surface area contributed by atoms with Crippen LogP contribution in [0.25, 0.3) is 0 Å². The third kappa shape index (κ3) is 4.15. The summed E-state index contributed by atoms with van der Waals surface area (Å²) in [7, 11) is 0. The van der Waals surface area contributed by atoms with Gasteiger partial charge in [0.05, 0.1) is 0 Å². The molecule has 0 amide bonds. The lowest BCUT2D eigenvalue weighted by Crippen LogP contribution is -2.25. The van der Waals surface area contributed by atoms with Crippen LogP contribution in [0.1, 0.15) is 32.1 Å². The minimum absolute atomic E-state index is 0.118. The zero-order valence-corrected chi connectivity index (χ0v) is 11.0. The van der Waals surface area contributed by atoms with Crippen LogP contribution in [-0.2, 0) is 0 Å². The summed E-state index contributed by atoms with van der Waals surface area (Å²) >= 11 is 0. The van der Waals surface area contributed by atoms with Gasteiger partial charge in [-0.05, 0) is 25.0 Å². The quantitative estimate of drug-likeness (QED) is 0.670. The Morgan fingerprint density at radius 3 is 2.45 bits per heavy atom. The van der Waals surface area contributed by atoms with Gasteiger partial charge in [0.25, 0.3) is 0 Å². The van der Waals surface area contributed by atoms with Gasteiger partial charge < -0.3 is 10.5 Å². The van der Waals surface area contributed by atoms with Crippen molar-refractivity contribution >= 4 is 11.5 Å². The zero-order valence-electron chi connectivity index (χ0n) is 11.0. The highest BCUT2D eigenvalue weighted by Gasteiger charge is 2.32. The molecule has 0 radical (unpaired) electrons. The van der Waals surface area contributed by atoms with Gasteiger partial charge in [-0.3, -0.25) is 0 Å². The van der Waals surface area contributed by atoms with Crippen molar-refractivity contribution < 1.29 is 17.9 Å². The van der Waals surface area contributed by atoms with Crippen LogP contribution < -0.4 is 10.5 Å². The van der Waals surface area contributed by atoms with Gasteiger partial charge in [-0.2, -0.15) is 0 Å². The monoisotopic (exact) mass is 286 g/mol. The summed E-state index contributed by atoms with van der Waals surface area (Å²) in [5.41, 5.74) is 6.04. The number of ether oxygens (including phenoxy) is 1. The predicted octanol–water partition coefficient (Wildman–Crippen LogP) is 4.15. The van der Waals surface area contributed by atoms with Crippen molar-refractivity contribution in [1.82, 2.24) is 0 Å². The zero-order chi connectivity index (χ0) is 14.6. The molecule has 1 fully saturated rings. The molecule has 0 atom stereocenters. The molecular formula is C14H17F3N2O. The molecule has 6 heteroatoms. The first-order valence-electron chi connectivity index (χ1n) is 6.64. The molecule has 0 heterocycles. The highest BCUT2D eigenvalue weighted by Crippen LogP contribution is 2.33. The summed E-state index contributed by atoms with van der Waals surface area (Å²) in [6, 6.07) is 5.78. The van der Waals surface area contributed by atoms with E-state index in [2.05, 4.69) is 9.73 Å². The molecule has 1 aliphatic rings. The molecular weight excluding hydrogens is 269 g/mol. The molecule has 0 aromatic heterocycles. The van der Waals surface area contributed by atoms with E-state index in [1.54, 1.807) is 6.07 Å². The number of hydrogen-bond acceptors (Lipinski definition) is 2. The summed E-state index contributed by atoms with van der Waals surface area (Å²) in [5, 5.41) is 0. The van der Waals surface area contributed by atoms with Gasteiger partial charge >= 0.3 is 6.36 Å². The number of rotatable bonds is 3. The van der Waals surface area contributed by atoms with Gasteiger partial charge in [0.1, 0.15) is 11.5 Å². The van der Waals surface area contributed by atoms with E-state index in [4.69, 9.17) is 5.73 Å². The van der Waals surface area contributed by atoms with E-state index in [-0.39, 0.29) is 17.4 Å². The van der Waals surface area contributed by atoms with E-state index < -0.39 is 6.36 Å². The van der Waals surface area contributed by atoms with Crippen molar-refractivity contribution in [2.45, 2.75) is 38.5 Å². The SMILES string of the molecule is NC(=Nc1ccccc1OC(F)(F)F)C1CCCCC1. The van der Waals surface area contributed by atoms with Gasteiger partial charge in [0, 0.05) is 5.92 Å². The molecule has 0 spiro atoms. The van der Waals surface area contributed by atoms with Crippen LogP contribution in [0.2, 0.25) is 0 Å². The van der Waals surface area contributed by atoms with Crippen molar-refractivity contribution in [3.8, 4) is 5.75 Å². The van der Waals surface area contributed by atoms with E-state index >= 15 is 0 Å². The summed E-state index contributed by atoms with van der Waals surface area (Å²) in [6.45, 7) is 0. The fraction of sp³-hybridized carbons (Fsp3) is 0.500. The van der Waals surface area contributed by atoms with Gasteiger partial charge in [-0.15, -0.1) is 13.2 Å². The second kappa shape index (κ2) is 6.15. The predicted molar refractivity (Wildman–Crippen MR) is 71.0 cm³/mol. The Balaban J connectivity index is 2.19. The number of aliphatic imine (C=N–C) groups is 1. The fourth-order valence-corrected chi connectivity index (χ4v) is 2.39. The molecule has 1 aromatic carbocycles. The highest BCUT2D eigenvalue weighted by atomic mass is 19.4. The summed E-state index contributed by atoms with van der Waals surface area (Å²) in [5.74, 6) is 0.226. The summed E-state index contributed by atoms with van der Waals surface area (Å²) in [6.07, 6.45) is 0.501. The number of halogens is 3. The van der Waals surface area contributed by atoms with Crippen molar-refractivity contribution in [2.24, 2.45) is 16.6 Å². The van der Waals surface area contributed by atoms with Crippen LogP contribution in [0.4, 0.5) is 18.9 Å². The van der Waals surface area contributed by atoms with E-state index in [9.17, 15) is 13.2 Å². The molecule has 20 heavy (non-hydrogen) atoms. The standard InChI is InChI=1S/C14H17F3N2O/c15-14(16,17)20-12-9-5-4-8-11(12)19-13(18)10-6-2-1-3-7-10/h4-5,8-10H,1-3,6-7H2,(H2,18,19). The average molecular weight is 286 g/mol. The number of alkyl halides is 3. The van der Waals surface area contributed by atoms with Crippen LogP contribution in [-0.4, -0.2) is 12.2 Å². The lowest BCUT2D eigenvalue weighted by Gasteiger charge is -2.21. The normalized spacial score (nSPS) is 18.1. The van der Waals surface area contributed by atoms with E-state index in [1.807, 2.05) is 0 Å². The average Bonchev–Trinajstić information content (AvgIpc) is 2.40. The highest BCUT2D eigenvalue weighted by molar-refractivity contribution is 5.86. The molecule has 0 unspecified atom stereocenters. The second-order valence-corrected chi connectivity index (χ2v) is 4.89. The second-order valence-electron chi connectivity index (χ2n) is 4.89. The fourth-order valence-electron chi connectivity index (χ4n) is 2.39. The van der Waals surface area contributed by atoms with Gasteiger partial charge in [0.2, 0.25) is 0 Å². The Labute approximate surface area is 115 Å². The maximum Gasteiger partial charge on any atom is 0.573 e. The topological polar surface area (TPSA) is 47.6 Å². The van der Waals surface area contributed by atoms with Gasteiger partial charge in [-0.25, -0.2) is 4.99 Å². The van der Waals surface area contributed by atoms with Crippen molar-refractivity contribution in [1.29, 1.82) is 0 Å². The van der Waals surface area contributed by atoms with Crippen LogP contribution in [0.15, 0.2) is 29.3 Å². The van der Waals surface area contributed by atoms with Crippen molar-refractivity contribution in [3.63, 3.8) is 0 Å². The molecule has 0 aliphatic heterocycles. The van der Waals surface area contributed by atoms with Crippen molar-refractivity contribution in [2.75, 3.05) is 0 Å². The Hall–Kier alpha value is -1.72. The maximum atomic E-state index is 12.3. The first-order chi connectivity index (χ1) is 9.46. The largest absolute Gasteiger partial charge is 0.573 e. The van der Waals surface area contributed by atoms with E-state index in [1.165, 1.54) is 24.6 Å². The molecule has 0 bridgehead atoms. The summed E-state index contributed by atoms with van der Waals surface area (Å²) < 4.78 is 40.9. The molecule has 3 nitrogen and oxygen atoms in total. The summed E-state index contributed by atoms with van der Waals surface area (Å²) in [4.78, 5) is 4.14. The molecule has 0 saturated heterocycles. The Kier molecular flexibility index (Phi) is 4.52. The third-order valence-electron chi connectivity index (χ3n) is 3.36. The maximum absolute atomic E-state index is 12.3. The minimum atomic E-state index is -4.73. The molecule has 2 N–H and O–H groups in total. The Morgan fingerprint density at radius 1 is 1.15 bits per heavy atom. The molecule has 110 valence electrons. The van der Waals surface area contributed by atoms with Crippen LogP contribution in [0.5, 0.6) is 5.75 Å². The molecule has 1 aromatic rings. The van der Waals surface area contributed by atoms with Gasteiger partial charge in [0.15, 0.2) is 5.75 Å². The number of nitrogens with zero attached hydrogens (tertiary/aromatic N) is 1. The smallest absolute Gasteiger partial charge is 0.403 e. The lowest BCUT2D eigenvalue weighted by molar-refractivity contribution is -0.274. The lowest BCUT2D eigenvalue weighted by atomic mass is 9.88. The van der Waals surface area contributed by atoms with Crippen LogP contribution >= 0.6 is 0 Å².